The van der Waals surface area contributed by atoms with E-state index in [1.165, 1.54) is 0 Å². The number of aromatic hydroxyl groups is 1. The molecule has 0 fully saturated rings. The molecule has 0 aliphatic heterocycles. The Kier molecular flexibility index (Phi) is 2.79. The van der Waals surface area contributed by atoms with Crippen LogP contribution >= 0.6 is 0 Å². The first-order chi connectivity index (χ1) is 6.38. The summed E-state index contributed by atoms with van der Waals surface area (Å²) in [5, 5.41) is 9.25. The number of benzene rings is 1. The molecule has 0 aliphatic rings. The van der Waals surface area contributed by atoms with Crippen LogP contribution < -0.4 is 5.73 Å². The molecule has 0 unspecified atom stereocenters. The molecule has 0 aromatic heterocycles. The average molecular weight is 192 g/mol. The van der Waals surface area contributed by atoms with Crippen LogP contribution in [-0.2, 0) is 0 Å². The topological polar surface area (TPSA) is 58.6 Å². The maximum Gasteiger partial charge on any atom is 0.126 e. The van der Waals surface area contributed by atoms with Gasteiger partial charge in [-0.2, -0.15) is 0 Å². The lowest BCUT2D eigenvalue weighted by atomic mass is 10.1. The molecule has 3 heteroatoms. The number of hydrogen-bond acceptors (Lipinski definition) is 2. The Balaban J connectivity index is 3.01. The van der Waals surface area contributed by atoms with Gasteiger partial charge in [-0.1, -0.05) is 12.1 Å². The molecule has 0 atom stereocenters. The second kappa shape index (κ2) is 3.70. The van der Waals surface area contributed by atoms with E-state index >= 15 is 0 Å². The number of amidine groups is 1. The summed E-state index contributed by atoms with van der Waals surface area (Å²) in [6, 6.07) is 6.78. The standard InChI is InChI=1S/C11H16N2O/c1-11(2,3)13-10(12)8-5-4-6-9(14)7-8/h4-7,14H,1-3H3,(H2,12,13). The number of nitrogens with two attached hydrogens (primary N) is 1. The number of phenolic OH excluding ortho intramolecular Hbond substituents is 1. The van der Waals surface area contributed by atoms with Crippen LogP contribution in [0.5, 0.6) is 5.75 Å². The van der Waals surface area contributed by atoms with Crippen molar-refractivity contribution in [2.45, 2.75) is 26.3 Å². The summed E-state index contributed by atoms with van der Waals surface area (Å²) in [5.41, 5.74) is 6.34. The highest BCUT2D eigenvalue weighted by atomic mass is 16.3. The van der Waals surface area contributed by atoms with Crippen LogP contribution in [0.15, 0.2) is 29.3 Å². The highest BCUT2D eigenvalue weighted by Crippen LogP contribution is 2.13. The van der Waals surface area contributed by atoms with Gasteiger partial charge in [0.1, 0.15) is 11.6 Å². The van der Waals surface area contributed by atoms with Gasteiger partial charge in [0, 0.05) is 5.56 Å². The second-order valence-electron chi connectivity index (χ2n) is 4.22. The fourth-order valence-electron chi connectivity index (χ4n) is 1.09. The summed E-state index contributed by atoms with van der Waals surface area (Å²) in [6.45, 7) is 5.92. The first-order valence-corrected chi connectivity index (χ1v) is 4.53. The van der Waals surface area contributed by atoms with Crippen molar-refractivity contribution in [3.63, 3.8) is 0 Å². The number of rotatable bonds is 1. The minimum atomic E-state index is -0.199. The fraction of sp³-hybridized carbons (Fsp3) is 0.364. The van der Waals surface area contributed by atoms with Gasteiger partial charge in [-0.05, 0) is 32.9 Å². The molecule has 3 N–H and O–H groups in total. The predicted molar refractivity (Wildman–Crippen MR) is 58.6 cm³/mol. The maximum absolute atomic E-state index is 9.25. The van der Waals surface area contributed by atoms with Gasteiger partial charge < -0.3 is 10.8 Å². The van der Waals surface area contributed by atoms with Crippen molar-refractivity contribution in [3.8, 4) is 5.75 Å². The Bertz CT molecular complexity index is 351. The molecule has 0 saturated carbocycles. The van der Waals surface area contributed by atoms with Crippen LogP contribution in [0, 0.1) is 0 Å². The summed E-state index contributed by atoms with van der Waals surface area (Å²) < 4.78 is 0. The molecule has 14 heavy (non-hydrogen) atoms. The number of phenols is 1. The molecule has 0 spiro atoms. The zero-order chi connectivity index (χ0) is 10.8. The molecule has 3 nitrogen and oxygen atoms in total. The third kappa shape index (κ3) is 3.09. The molecule has 0 radical (unpaired) electrons. The van der Waals surface area contributed by atoms with Crippen LogP contribution in [0.25, 0.3) is 0 Å². The van der Waals surface area contributed by atoms with Crippen molar-refractivity contribution in [3.05, 3.63) is 29.8 Å². The van der Waals surface area contributed by atoms with Gasteiger partial charge in [-0.15, -0.1) is 0 Å². The first-order valence-electron chi connectivity index (χ1n) is 4.53. The van der Waals surface area contributed by atoms with Gasteiger partial charge >= 0.3 is 0 Å². The highest BCUT2D eigenvalue weighted by Gasteiger charge is 2.09. The van der Waals surface area contributed by atoms with Crippen molar-refractivity contribution in [1.29, 1.82) is 0 Å². The maximum atomic E-state index is 9.25. The minimum absolute atomic E-state index is 0.199. The minimum Gasteiger partial charge on any atom is -0.508 e. The SMILES string of the molecule is CC(C)(C)N=C(N)c1cccc(O)c1. The predicted octanol–water partition coefficient (Wildman–Crippen LogP) is 1.90. The molecular weight excluding hydrogens is 176 g/mol. The molecule has 0 bridgehead atoms. The zero-order valence-electron chi connectivity index (χ0n) is 8.78. The molecule has 0 saturated heterocycles. The second-order valence-corrected chi connectivity index (χ2v) is 4.22. The van der Waals surface area contributed by atoms with Crippen molar-refractivity contribution in [2.24, 2.45) is 10.7 Å². The third-order valence-electron chi connectivity index (χ3n) is 1.60. The Morgan fingerprint density at radius 2 is 2.00 bits per heavy atom. The number of hydrogen-bond donors (Lipinski definition) is 2. The average Bonchev–Trinajstić information content (AvgIpc) is 2.01. The van der Waals surface area contributed by atoms with E-state index in [1.54, 1.807) is 18.2 Å². The van der Waals surface area contributed by atoms with Crippen LogP contribution in [-0.4, -0.2) is 16.5 Å². The van der Waals surface area contributed by atoms with Crippen molar-refractivity contribution < 1.29 is 5.11 Å². The van der Waals surface area contributed by atoms with Crippen LogP contribution in [0.2, 0.25) is 0 Å². The van der Waals surface area contributed by atoms with Gasteiger partial charge in [0.2, 0.25) is 0 Å². The van der Waals surface area contributed by atoms with E-state index < -0.39 is 0 Å². The summed E-state index contributed by atoms with van der Waals surface area (Å²) in [4.78, 5) is 4.30. The molecule has 1 rings (SSSR count). The first kappa shape index (κ1) is 10.6. The van der Waals surface area contributed by atoms with E-state index in [0.717, 1.165) is 5.56 Å². The Hall–Kier alpha value is -1.51. The molecular formula is C11H16N2O. The van der Waals surface area contributed by atoms with Crippen molar-refractivity contribution in [2.75, 3.05) is 0 Å². The molecule has 0 amide bonds. The number of aliphatic imine (C=N–C) groups is 1. The Labute approximate surface area is 84.3 Å². The zero-order valence-corrected chi connectivity index (χ0v) is 8.78. The largest absolute Gasteiger partial charge is 0.508 e. The molecule has 0 aliphatic carbocycles. The summed E-state index contributed by atoms with van der Waals surface area (Å²) in [6.07, 6.45) is 0. The Morgan fingerprint density at radius 3 is 2.50 bits per heavy atom. The third-order valence-corrected chi connectivity index (χ3v) is 1.60. The van der Waals surface area contributed by atoms with Gasteiger partial charge in [0.15, 0.2) is 0 Å². The van der Waals surface area contributed by atoms with Gasteiger partial charge in [0.05, 0.1) is 5.54 Å². The van der Waals surface area contributed by atoms with Crippen molar-refractivity contribution >= 4 is 5.84 Å². The Morgan fingerprint density at radius 1 is 1.36 bits per heavy atom. The quantitative estimate of drug-likeness (QED) is 0.527. The lowest BCUT2D eigenvalue weighted by Crippen LogP contribution is -2.21. The highest BCUT2D eigenvalue weighted by molar-refractivity contribution is 5.98. The lowest BCUT2D eigenvalue weighted by molar-refractivity contribution is 0.475. The fourth-order valence-corrected chi connectivity index (χ4v) is 1.09. The molecule has 76 valence electrons. The lowest BCUT2D eigenvalue weighted by Gasteiger charge is -2.13. The van der Waals surface area contributed by atoms with Crippen LogP contribution in [0.3, 0.4) is 0 Å². The van der Waals surface area contributed by atoms with E-state index in [9.17, 15) is 5.11 Å². The van der Waals surface area contributed by atoms with Crippen LogP contribution in [0.1, 0.15) is 26.3 Å². The van der Waals surface area contributed by atoms with E-state index in [1.807, 2.05) is 26.8 Å². The summed E-state index contributed by atoms with van der Waals surface area (Å²) in [7, 11) is 0. The van der Waals surface area contributed by atoms with Crippen molar-refractivity contribution in [1.82, 2.24) is 0 Å². The van der Waals surface area contributed by atoms with E-state index in [-0.39, 0.29) is 11.3 Å². The van der Waals surface area contributed by atoms with Crippen LogP contribution in [0.4, 0.5) is 0 Å². The number of nitrogens with zero attached hydrogens (tertiary/aromatic N) is 1. The van der Waals surface area contributed by atoms with E-state index in [0.29, 0.717) is 5.84 Å². The van der Waals surface area contributed by atoms with Gasteiger partial charge in [-0.25, -0.2) is 0 Å². The smallest absolute Gasteiger partial charge is 0.126 e. The summed E-state index contributed by atoms with van der Waals surface area (Å²) in [5.74, 6) is 0.656. The monoisotopic (exact) mass is 192 g/mol. The van der Waals surface area contributed by atoms with Gasteiger partial charge in [-0.3, -0.25) is 4.99 Å². The molecule has 1 aromatic rings. The van der Waals surface area contributed by atoms with E-state index in [2.05, 4.69) is 4.99 Å². The molecule has 1 aromatic carbocycles. The van der Waals surface area contributed by atoms with Gasteiger partial charge in [0.25, 0.3) is 0 Å². The summed E-state index contributed by atoms with van der Waals surface area (Å²) >= 11 is 0. The molecule has 0 heterocycles. The normalized spacial score (nSPS) is 12.9. The van der Waals surface area contributed by atoms with E-state index in [4.69, 9.17) is 5.73 Å².